The largest absolute Gasteiger partial charge is 0.388 e. The summed E-state index contributed by atoms with van der Waals surface area (Å²) < 4.78 is 0. The van der Waals surface area contributed by atoms with E-state index in [4.69, 9.17) is 0 Å². The molecule has 1 aromatic heterocycles. The van der Waals surface area contributed by atoms with E-state index in [1.165, 1.54) is 11.1 Å². The van der Waals surface area contributed by atoms with Crippen LogP contribution in [0.1, 0.15) is 32.2 Å². The third kappa shape index (κ3) is 1.10. The van der Waals surface area contributed by atoms with Crippen molar-refractivity contribution in [3.8, 4) is 0 Å². The molecule has 1 aliphatic rings. The lowest BCUT2D eigenvalue weighted by atomic mass is 10.0. The van der Waals surface area contributed by atoms with Gasteiger partial charge in [0.1, 0.15) is 6.04 Å². The summed E-state index contributed by atoms with van der Waals surface area (Å²) in [5.74, 6) is 0. The molecule has 0 spiro atoms. The molecule has 1 saturated carbocycles. The van der Waals surface area contributed by atoms with Crippen LogP contribution in [0.5, 0.6) is 0 Å². The van der Waals surface area contributed by atoms with Gasteiger partial charge in [0.15, 0.2) is 6.33 Å². The average molecular weight is 168 g/mol. The lowest BCUT2D eigenvalue weighted by Gasteiger charge is -2.23. The van der Waals surface area contributed by atoms with Gasteiger partial charge < -0.3 is 5.11 Å². The standard InChI is InChI=1S/C7H12N4O/c1-7(12)4-2-3-6(7)11-9-5-8-10-11/h5-6,12H,2-4H2,1H3. The van der Waals surface area contributed by atoms with E-state index >= 15 is 0 Å². The van der Waals surface area contributed by atoms with Crippen molar-refractivity contribution in [2.24, 2.45) is 0 Å². The van der Waals surface area contributed by atoms with Crippen molar-refractivity contribution in [2.45, 2.75) is 37.8 Å². The topological polar surface area (TPSA) is 63.8 Å². The number of aliphatic hydroxyl groups is 1. The molecule has 1 heterocycles. The molecule has 5 nitrogen and oxygen atoms in total. The number of tetrazole rings is 1. The summed E-state index contributed by atoms with van der Waals surface area (Å²) in [6.07, 6.45) is 4.18. The van der Waals surface area contributed by atoms with E-state index in [0.717, 1.165) is 19.3 Å². The molecule has 1 N–H and O–H groups in total. The molecule has 0 aliphatic heterocycles. The quantitative estimate of drug-likeness (QED) is 0.648. The molecular formula is C7H12N4O. The second-order valence-corrected chi connectivity index (χ2v) is 3.52. The van der Waals surface area contributed by atoms with Crippen LogP contribution in [0.3, 0.4) is 0 Å². The van der Waals surface area contributed by atoms with E-state index in [1.54, 1.807) is 0 Å². The molecule has 1 aromatic rings. The molecule has 1 aliphatic carbocycles. The third-order valence-electron chi connectivity index (χ3n) is 2.52. The molecule has 0 saturated heterocycles. The molecule has 5 heteroatoms. The van der Waals surface area contributed by atoms with Gasteiger partial charge in [-0.3, -0.25) is 0 Å². The van der Waals surface area contributed by atoms with E-state index in [1.807, 2.05) is 6.92 Å². The van der Waals surface area contributed by atoms with Crippen LogP contribution in [-0.2, 0) is 0 Å². The molecule has 2 atom stereocenters. The fourth-order valence-electron chi connectivity index (χ4n) is 1.81. The first-order valence-corrected chi connectivity index (χ1v) is 4.15. The normalized spacial score (nSPS) is 35.7. The molecule has 0 aromatic carbocycles. The van der Waals surface area contributed by atoms with Crippen molar-refractivity contribution in [3.63, 3.8) is 0 Å². The Hall–Kier alpha value is -0.970. The molecule has 0 amide bonds. The minimum absolute atomic E-state index is 0.000000000000000222. The van der Waals surface area contributed by atoms with Gasteiger partial charge in [-0.1, -0.05) is 0 Å². The first-order valence-electron chi connectivity index (χ1n) is 4.15. The molecule has 2 rings (SSSR count). The zero-order chi connectivity index (χ0) is 8.60. The summed E-state index contributed by atoms with van der Waals surface area (Å²) in [5, 5.41) is 21.2. The molecule has 0 bridgehead atoms. The van der Waals surface area contributed by atoms with Crippen molar-refractivity contribution >= 4 is 0 Å². The molecule has 1 fully saturated rings. The lowest BCUT2D eigenvalue weighted by Crippen LogP contribution is -2.32. The number of nitrogens with zero attached hydrogens (tertiary/aromatic N) is 4. The Bertz CT molecular complexity index is 256. The van der Waals surface area contributed by atoms with E-state index in [0.29, 0.717) is 0 Å². The van der Waals surface area contributed by atoms with Crippen LogP contribution in [0, 0.1) is 0 Å². The van der Waals surface area contributed by atoms with Gasteiger partial charge in [-0.15, -0.1) is 10.2 Å². The van der Waals surface area contributed by atoms with Gasteiger partial charge in [-0.05, 0) is 31.4 Å². The van der Waals surface area contributed by atoms with Gasteiger partial charge in [0.25, 0.3) is 0 Å². The smallest absolute Gasteiger partial charge is 0.162 e. The van der Waals surface area contributed by atoms with Crippen LogP contribution in [0.15, 0.2) is 6.33 Å². The Labute approximate surface area is 70.4 Å². The van der Waals surface area contributed by atoms with Crippen LogP contribution >= 0.6 is 0 Å². The van der Waals surface area contributed by atoms with E-state index in [-0.39, 0.29) is 6.04 Å². The summed E-state index contributed by atoms with van der Waals surface area (Å²) >= 11 is 0. The van der Waals surface area contributed by atoms with Gasteiger partial charge in [0.2, 0.25) is 0 Å². The van der Waals surface area contributed by atoms with E-state index in [9.17, 15) is 5.11 Å². The van der Waals surface area contributed by atoms with Gasteiger partial charge in [0.05, 0.1) is 5.60 Å². The maximum Gasteiger partial charge on any atom is 0.162 e. The Morgan fingerprint density at radius 1 is 1.67 bits per heavy atom. The molecule has 2 unspecified atom stereocenters. The van der Waals surface area contributed by atoms with Crippen molar-refractivity contribution < 1.29 is 5.11 Å². The highest BCUT2D eigenvalue weighted by Gasteiger charge is 2.39. The van der Waals surface area contributed by atoms with Crippen molar-refractivity contribution in [1.29, 1.82) is 0 Å². The Morgan fingerprint density at radius 2 is 2.50 bits per heavy atom. The second kappa shape index (κ2) is 2.52. The summed E-state index contributed by atoms with van der Waals surface area (Å²) in [5.41, 5.74) is -0.666. The number of hydrogen-bond donors (Lipinski definition) is 1. The number of aromatic nitrogens is 4. The summed E-state index contributed by atoms with van der Waals surface area (Å²) in [6, 6.07) is -0.000000000000000222. The van der Waals surface area contributed by atoms with Gasteiger partial charge in [-0.25, -0.2) is 0 Å². The Morgan fingerprint density at radius 3 is 3.00 bits per heavy atom. The van der Waals surface area contributed by atoms with Crippen LogP contribution in [0.2, 0.25) is 0 Å². The zero-order valence-electron chi connectivity index (χ0n) is 7.01. The summed E-state index contributed by atoms with van der Waals surface area (Å²) in [6.45, 7) is 1.83. The van der Waals surface area contributed by atoms with E-state index < -0.39 is 5.60 Å². The SMILES string of the molecule is CC1(O)CCCC1n1ncnn1. The minimum atomic E-state index is -0.666. The average Bonchev–Trinajstić information content (AvgIpc) is 2.55. The first kappa shape index (κ1) is 7.67. The zero-order valence-corrected chi connectivity index (χ0v) is 7.01. The maximum absolute atomic E-state index is 9.90. The highest BCUT2D eigenvalue weighted by atomic mass is 16.3. The van der Waals surface area contributed by atoms with Crippen LogP contribution in [0.4, 0.5) is 0 Å². The predicted molar refractivity (Wildman–Crippen MR) is 41.3 cm³/mol. The maximum atomic E-state index is 9.90. The number of hydrogen-bond acceptors (Lipinski definition) is 4. The van der Waals surface area contributed by atoms with Gasteiger partial charge in [0, 0.05) is 0 Å². The van der Waals surface area contributed by atoms with Crippen molar-refractivity contribution in [1.82, 2.24) is 20.2 Å². The third-order valence-corrected chi connectivity index (χ3v) is 2.52. The van der Waals surface area contributed by atoms with Crippen molar-refractivity contribution in [2.75, 3.05) is 0 Å². The van der Waals surface area contributed by atoms with Crippen LogP contribution < -0.4 is 0 Å². The first-order chi connectivity index (χ1) is 5.70. The van der Waals surface area contributed by atoms with Crippen LogP contribution in [0.25, 0.3) is 0 Å². The van der Waals surface area contributed by atoms with Gasteiger partial charge in [-0.2, -0.15) is 4.80 Å². The van der Waals surface area contributed by atoms with Crippen LogP contribution in [-0.4, -0.2) is 30.9 Å². The monoisotopic (exact) mass is 168 g/mol. The molecular weight excluding hydrogens is 156 g/mol. The second-order valence-electron chi connectivity index (χ2n) is 3.52. The minimum Gasteiger partial charge on any atom is -0.388 e. The van der Waals surface area contributed by atoms with Crippen molar-refractivity contribution in [3.05, 3.63) is 6.33 Å². The molecule has 0 radical (unpaired) electrons. The number of rotatable bonds is 1. The molecule has 12 heavy (non-hydrogen) atoms. The van der Waals surface area contributed by atoms with Gasteiger partial charge >= 0.3 is 0 Å². The Balaban J connectivity index is 2.25. The highest BCUT2D eigenvalue weighted by molar-refractivity contribution is 4.89. The fourth-order valence-corrected chi connectivity index (χ4v) is 1.81. The lowest BCUT2D eigenvalue weighted by molar-refractivity contribution is 0.0163. The summed E-state index contributed by atoms with van der Waals surface area (Å²) in [4.78, 5) is 1.51. The predicted octanol–water partition coefficient (Wildman–Crippen LogP) is 0.149. The molecule has 66 valence electrons. The van der Waals surface area contributed by atoms with E-state index in [2.05, 4.69) is 15.4 Å². The summed E-state index contributed by atoms with van der Waals surface area (Å²) in [7, 11) is 0. The Kier molecular flexibility index (Phi) is 1.61. The highest BCUT2D eigenvalue weighted by Crippen LogP contribution is 2.37. The fraction of sp³-hybridized carbons (Fsp3) is 0.857.